The standard InChI is InChI=1S/C25H24N6O3/c26-14-19-16-29-31-17-21(33-12-11-32)13-22(25(19)31)18-4-5-23(28-15-18)30-9-6-20(7-10-30)34-24-3-1-2-8-27-24/h1-5,8,13,15-17,20,32H,6-7,9-12H2. The normalized spacial score (nSPS) is 14.2. The molecule has 34 heavy (non-hydrogen) atoms. The molecule has 0 saturated carbocycles. The van der Waals surface area contributed by atoms with E-state index in [2.05, 4.69) is 21.1 Å². The van der Waals surface area contributed by atoms with Crippen molar-refractivity contribution in [2.75, 3.05) is 31.2 Å². The van der Waals surface area contributed by atoms with Crippen LogP contribution in [0.4, 0.5) is 5.82 Å². The van der Waals surface area contributed by atoms with Gasteiger partial charge in [-0.15, -0.1) is 0 Å². The van der Waals surface area contributed by atoms with Crippen LogP contribution in [0.5, 0.6) is 11.6 Å². The minimum atomic E-state index is -0.0875. The Morgan fingerprint density at radius 3 is 2.71 bits per heavy atom. The summed E-state index contributed by atoms with van der Waals surface area (Å²) in [5, 5.41) is 22.9. The second-order valence-electron chi connectivity index (χ2n) is 8.00. The van der Waals surface area contributed by atoms with Crippen LogP contribution in [0.3, 0.4) is 0 Å². The number of fused-ring (bicyclic) bond motifs is 1. The number of aliphatic hydroxyl groups excluding tert-OH is 1. The molecule has 0 radical (unpaired) electrons. The number of pyridine rings is 3. The van der Waals surface area contributed by atoms with Crippen LogP contribution in [0.2, 0.25) is 0 Å². The van der Waals surface area contributed by atoms with Crippen LogP contribution in [0.25, 0.3) is 16.6 Å². The van der Waals surface area contributed by atoms with Gasteiger partial charge in [-0.3, -0.25) is 0 Å². The number of aromatic nitrogens is 4. The van der Waals surface area contributed by atoms with E-state index in [4.69, 9.17) is 19.6 Å². The molecular formula is C25H24N6O3. The minimum Gasteiger partial charge on any atom is -0.490 e. The second kappa shape index (κ2) is 9.77. The molecule has 0 aliphatic carbocycles. The van der Waals surface area contributed by atoms with Crippen LogP contribution in [-0.4, -0.2) is 57.1 Å². The molecule has 1 aliphatic heterocycles. The van der Waals surface area contributed by atoms with E-state index < -0.39 is 0 Å². The molecule has 4 aromatic rings. The highest BCUT2D eigenvalue weighted by molar-refractivity contribution is 5.85. The number of rotatable bonds is 7. The van der Waals surface area contributed by atoms with Gasteiger partial charge in [-0.2, -0.15) is 10.4 Å². The van der Waals surface area contributed by atoms with Gasteiger partial charge in [0.25, 0.3) is 0 Å². The van der Waals surface area contributed by atoms with E-state index in [1.54, 1.807) is 16.9 Å². The monoisotopic (exact) mass is 456 g/mol. The second-order valence-corrected chi connectivity index (χ2v) is 8.00. The van der Waals surface area contributed by atoms with Gasteiger partial charge in [0.2, 0.25) is 5.88 Å². The first-order valence-corrected chi connectivity index (χ1v) is 11.2. The fourth-order valence-electron chi connectivity index (χ4n) is 4.16. The maximum Gasteiger partial charge on any atom is 0.213 e. The van der Waals surface area contributed by atoms with Crippen LogP contribution >= 0.6 is 0 Å². The van der Waals surface area contributed by atoms with Crippen molar-refractivity contribution >= 4 is 11.3 Å². The van der Waals surface area contributed by atoms with Gasteiger partial charge in [-0.25, -0.2) is 14.5 Å². The molecule has 1 N–H and O–H groups in total. The molecule has 0 spiro atoms. The summed E-state index contributed by atoms with van der Waals surface area (Å²) in [4.78, 5) is 11.2. The molecule has 4 aromatic heterocycles. The number of piperidine rings is 1. The molecule has 1 fully saturated rings. The highest BCUT2D eigenvalue weighted by Gasteiger charge is 2.22. The van der Waals surface area contributed by atoms with Gasteiger partial charge < -0.3 is 19.5 Å². The predicted octanol–water partition coefficient (Wildman–Crippen LogP) is 3.08. The van der Waals surface area contributed by atoms with Crippen LogP contribution in [0.1, 0.15) is 18.4 Å². The number of ether oxygens (including phenoxy) is 2. The number of nitrogens with zero attached hydrogens (tertiary/aromatic N) is 6. The van der Waals surface area contributed by atoms with Crippen molar-refractivity contribution in [2.24, 2.45) is 0 Å². The Labute approximate surface area is 196 Å². The van der Waals surface area contributed by atoms with E-state index in [9.17, 15) is 5.26 Å². The zero-order valence-electron chi connectivity index (χ0n) is 18.5. The maximum absolute atomic E-state index is 9.53. The van der Waals surface area contributed by atoms with Crippen LogP contribution in [0.15, 0.2) is 61.2 Å². The van der Waals surface area contributed by atoms with E-state index in [0.29, 0.717) is 22.7 Å². The molecule has 1 aliphatic rings. The number of nitriles is 1. The predicted molar refractivity (Wildman–Crippen MR) is 126 cm³/mol. The summed E-state index contributed by atoms with van der Waals surface area (Å²) in [7, 11) is 0. The number of anilines is 1. The largest absolute Gasteiger partial charge is 0.490 e. The van der Waals surface area contributed by atoms with Crippen LogP contribution in [-0.2, 0) is 0 Å². The van der Waals surface area contributed by atoms with E-state index in [0.717, 1.165) is 42.9 Å². The Kier molecular flexibility index (Phi) is 6.23. The lowest BCUT2D eigenvalue weighted by atomic mass is 10.0. The Balaban J connectivity index is 1.33. The third-order valence-electron chi connectivity index (χ3n) is 5.82. The summed E-state index contributed by atoms with van der Waals surface area (Å²) >= 11 is 0. The fourth-order valence-corrected chi connectivity index (χ4v) is 4.16. The van der Waals surface area contributed by atoms with Crippen molar-refractivity contribution in [1.82, 2.24) is 19.6 Å². The summed E-state index contributed by atoms with van der Waals surface area (Å²) in [6, 6.07) is 13.7. The molecule has 0 bridgehead atoms. The van der Waals surface area contributed by atoms with Gasteiger partial charge in [0.1, 0.15) is 30.3 Å². The lowest BCUT2D eigenvalue weighted by Gasteiger charge is -2.32. The molecule has 9 nitrogen and oxygen atoms in total. The van der Waals surface area contributed by atoms with E-state index in [1.807, 2.05) is 42.6 Å². The Morgan fingerprint density at radius 1 is 1.12 bits per heavy atom. The van der Waals surface area contributed by atoms with E-state index >= 15 is 0 Å². The first-order chi connectivity index (χ1) is 16.7. The molecule has 5 rings (SSSR count). The first-order valence-electron chi connectivity index (χ1n) is 11.2. The smallest absolute Gasteiger partial charge is 0.213 e. The third kappa shape index (κ3) is 4.49. The highest BCUT2D eigenvalue weighted by atomic mass is 16.5. The average molecular weight is 457 g/mol. The van der Waals surface area contributed by atoms with Crippen molar-refractivity contribution < 1.29 is 14.6 Å². The fraction of sp³-hybridized carbons (Fsp3) is 0.280. The average Bonchev–Trinajstić information content (AvgIpc) is 3.31. The van der Waals surface area contributed by atoms with Gasteiger partial charge in [0.15, 0.2) is 0 Å². The molecule has 0 amide bonds. The molecular weight excluding hydrogens is 432 g/mol. The Bertz CT molecular complexity index is 1290. The zero-order valence-corrected chi connectivity index (χ0v) is 18.5. The van der Waals surface area contributed by atoms with Crippen molar-refractivity contribution in [2.45, 2.75) is 18.9 Å². The topological polar surface area (TPSA) is 109 Å². The molecule has 172 valence electrons. The van der Waals surface area contributed by atoms with E-state index in [1.165, 1.54) is 6.20 Å². The number of hydrogen-bond acceptors (Lipinski definition) is 8. The van der Waals surface area contributed by atoms with E-state index in [-0.39, 0.29) is 19.3 Å². The molecule has 9 heteroatoms. The highest BCUT2D eigenvalue weighted by Crippen LogP contribution is 2.31. The lowest BCUT2D eigenvalue weighted by Crippen LogP contribution is -2.38. The van der Waals surface area contributed by atoms with Crippen LogP contribution in [0, 0.1) is 11.3 Å². The molecule has 0 atom stereocenters. The maximum atomic E-state index is 9.53. The van der Waals surface area contributed by atoms with Gasteiger partial charge in [-0.1, -0.05) is 6.07 Å². The van der Waals surface area contributed by atoms with Gasteiger partial charge in [0.05, 0.1) is 30.1 Å². The first kappa shape index (κ1) is 21.7. The van der Waals surface area contributed by atoms with Gasteiger partial charge >= 0.3 is 0 Å². The Morgan fingerprint density at radius 2 is 2.00 bits per heavy atom. The lowest BCUT2D eigenvalue weighted by molar-refractivity contribution is 0.164. The van der Waals surface area contributed by atoms with Gasteiger partial charge in [0, 0.05) is 55.5 Å². The van der Waals surface area contributed by atoms with Crippen molar-refractivity contribution in [3.63, 3.8) is 0 Å². The third-order valence-corrected chi connectivity index (χ3v) is 5.82. The summed E-state index contributed by atoms with van der Waals surface area (Å²) in [5.74, 6) is 2.12. The molecule has 5 heterocycles. The molecule has 1 saturated heterocycles. The number of aliphatic hydroxyl groups is 1. The van der Waals surface area contributed by atoms with Crippen molar-refractivity contribution in [1.29, 1.82) is 5.26 Å². The summed E-state index contributed by atoms with van der Waals surface area (Å²) < 4.78 is 13.2. The SMILES string of the molecule is N#Cc1cnn2cc(OCCO)cc(-c3ccc(N4CCC(Oc5ccccn5)CC4)nc3)c12. The Hall–Kier alpha value is -4.16. The van der Waals surface area contributed by atoms with Crippen molar-refractivity contribution in [3.8, 4) is 28.8 Å². The number of hydrogen-bond donors (Lipinski definition) is 1. The molecule has 0 unspecified atom stereocenters. The summed E-state index contributed by atoms with van der Waals surface area (Å²) in [5.41, 5.74) is 2.82. The minimum absolute atomic E-state index is 0.0875. The van der Waals surface area contributed by atoms with Crippen LogP contribution < -0.4 is 14.4 Å². The van der Waals surface area contributed by atoms with Crippen molar-refractivity contribution in [3.05, 3.63) is 66.7 Å². The van der Waals surface area contributed by atoms with Gasteiger partial charge in [-0.05, 0) is 24.3 Å². The summed E-state index contributed by atoms with van der Waals surface area (Å²) in [6.07, 6.45) is 8.72. The zero-order chi connectivity index (χ0) is 23.3. The quantitative estimate of drug-likeness (QED) is 0.452. The molecule has 0 aromatic carbocycles. The summed E-state index contributed by atoms with van der Waals surface area (Å²) in [6.45, 7) is 1.78.